The Bertz CT molecular complexity index is 438. The third-order valence-corrected chi connectivity index (χ3v) is 2.40. The van der Waals surface area contributed by atoms with Gasteiger partial charge in [0.25, 0.3) is 0 Å². The molecule has 1 aromatic carbocycles. The quantitative estimate of drug-likeness (QED) is 0.772. The van der Waals surface area contributed by atoms with E-state index in [-0.39, 0.29) is 17.1 Å². The Morgan fingerprint density at radius 2 is 2.33 bits per heavy atom. The highest BCUT2D eigenvalue weighted by atomic mass is 35.5. The molecule has 0 radical (unpaired) electrons. The fourth-order valence-electron chi connectivity index (χ4n) is 1.19. The zero-order valence-electron chi connectivity index (χ0n) is 8.08. The summed E-state index contributed by atoms with van der Waals surface area (Å²) >= 11 is 5.93. The summed E-state index contributed by atoms with van der Waals surface area (Å²) in [6.07, 6.45) is 0. The Morgan fingerprint density at radius 1 is 1.67 bits per heavy atom. The fourth-order valence-corrected chi connectivity index (χ4v) is 1.51. The van der Waals surface area contributed by atoms with E-state index < -0.39 is 5.97 Å². The molecule has 78 valence electrons. The minimum absolute atomic E-state index is 0.104. The summed E-state index contributed by atoms with van der Waals surface area (Å²) in [5.74, 6) is -0.542. The number of carbonyl (C=O) groups is 1. The largest absolute Gasteiger partial charge is 0.465 e. The second kappa shape index (κ2) is 4.78. The molecule has 0 atom stereocenters. The van der Waals surface area contributed by atoms with Gasteiger partial charge in [-0.2, -0.15) is 5.26 Å². The molecule has 0 aliphatic rings. The first-order chi connectivity index (χ1) is 7.15. The Kier molecular flexibility index (Phi) is 3.67. The molecule has 4 nitrogen and oxygen atoms in total. The average Bonchev–Trinajstić information content (AvgIpc) is 2.27. The molecule has 0 saturated heterocycles. The first-order valence-corrected chi connectivity index (χ1v) is 4.53. The van der Waals surface area contributed by atoms with Crippen molar-refractivity contribution in [2.45, 2.75) is 6.54 Å². The standard InChI is InChI=1S/C10H9ClN2O2/c1-15-10(14)7-3-2-6(4-12)8(5-13)9(7)11/h2-3H,5,13H2,1H3. The molecule has 2 N–H and O–H groups in total. The van der Waals surface area contributed by atoms with E-state index in [1.807, 2.05) is 6.07 Å². The van der Waals surface area contributed by atoms with Gasteiger partial charge in [-0.25, -0.2) is 4.79 Å². The number of hydrogen-bond acceptors (Lipinski definition) is 4. The topological polar surface area (TPSA) is 76.1 Å². The lowest BCUT2D eigenvalue weighted by molar-refractivity contribution is 0.0601. The number of nitriles is 1. The monoisotopic (exact) mass is 224 g/mol. The Labute approximate surface area is 92.2 Å². The minimum Gasteiger partial charge on any atom is -0.465 e. The number of benzene rings is 1. The Hall–Kier alpha value is -1.57. The fraction of sp³-hybridized carbons (Fsp3) is 0.200. The van der Waals surface area contributed by atoms with E-state index >= 15 is 0 Å². The number of halogens is 1. The van der Waals surface area contributed by atoms with Gasteiger partial charge in [-0.05, 0) is 12.1 Å². The van der Waals surface area contributed by atoms with Gasteiger partial charge in [0.15, 0.2) is 0 Å². The second-order valence-corrected chi connectivity index (χ2v) is 3.14. The predicted molar refractivity (Wildman–Crippen MR) is 55.4 cm³/mol. The zero-order chi connectivity index (χ0) is 11.4. The van der Waals surface area contributed by atoms with Gasteiger partial charge in [0.05, 0.1) is 29.3 Å². The summed E-state index contributed by atoms with van der Waals surface area (Å²) < 4.78 is 4.54. The van der Waals surface area contributed by atoms with Crippen LogP contribution in [0, 0.1) is 11.3 Å². The molecular weight excluding hydrogens is 216 g/mol. The van der Waals surface area contributed by atoms with Crippen molar-refractivity contribution < 1.29 is 9.53 Å². The average molecular weight is 225 g/mol. The van der Waals surface area contributed by atoms with Gasteiger partial charge in [-0.15, -0.1) is 0 Å². The van der Waals surface area contributed by atoms with Crippen LogP contribution in [-0.2, 0) is 11.3 Å². The molecule has 5 heteroatoms. The highest BCUT2D eigenvalue weighted by Crippen LogP contribution is 2.24. The van der Waals surface area contributed by atoms with Gasteiger partial charge in [0, 0.05) is 12.1 Å². The zero-order valence-corrected chi connectivity index (χ0v) is 8.84. The minimum atomic E-state index is -0.542. The summed E-state index contributed by atoms with van der Waals surface area (Å²) in [6, 6.07) is 4.91. The molecule has 0 unspecified atom stereocenters. The van der Waals surface area contributed by atoms with Crippen molar-refractivity contribution in [2.75, 3.05) is 7.11 Å². The summed E-state index contributed by atoms with van der Waals surface area (Å²) in [4.78, 5) is 11.3. The molecule has 0 bridgehead atoms. The molecule has 0 aliphatic carbocycles. The highest BCUT2D eigenvalue weighted by Gasteiger charge is 2.15. The van der Waals surface area contributed by atoms with E-state index in [1.165, 1.54) is 19.2 Å². The van der Waals surface area contributed by atoms with Crippen LogP contribution in [0.25, 0.3) is 0 Å². The van der Waals surface area contributed by atoms with Gasteiger partial charge < -0.3 is 10.5 Å². The summed E-state index contributed by atoms with van der Waals surface area (Å²) in [5.41, 5.74) is 6.50. The van der Waals surface area contributed by atoms with E-state index in [9.17, 15) is 4.79 Å². The van der Waals surface area contributed by atoms with Crippen LogP contribution in [0.4, 0.5) is 0 Å². The maximum atomic E-state index is 11.3. The number of hydrogen-bond donors (Lipinski definition) is 1. The lowest BCUT2D eigenvalue weighted by atomic mass is 10.0. The van der Waals surface area contributed by atoms with Crippen molar-refractivity contribution in [2.24, 2.45) is 5.73 Å². The molecule has 0 spiro atoms. The molecule has 0 saturated carbocycles. The van der Waals surface area contributed by atoms with E-state index in [4.69, 9.17) is 22.6 Å². The van der Waals surface area contributed by atoms with Crippen LogP contribution in [0.5, 0.6) is 0 Å². The maximum absolute atomic E-state index is 11.3. The van der Waals surface area contributed by atoms with E-state index in [0.717, 1.165) is 0 Å². The SMILES string of the molecule is COC(=O)c1ccc(C#N)c(CN)c1Cl. The first-order valence-electron chi connectivity index (χ1n) is 4.15. The van der Waals surface area contributed by atoms with Crippen molar-refractivity contribution in [3.05, 3.63) is 33.8 Å². The van der Waals surface area contributed by atoms with Crippen molar-refractivity contribution >= 4 is 17.6 Å². The van der Waals surface area contributed by atoms with Crippen molar-refractivity contribution in [3.63, 3.8) is 0 Å². The summed E-state index contributed by atoms with van der Waals surface area (Å²) in [6.45, 7) is 0.104. The third-order valence-electron chi connectivity index (χ3n) is 1.97. The van der Waals surface area contributed by atoms with Crippen molar-refractivity contribution in [1.29, 1.82) is 5.26 Å². The molecule has 0 amide bonds. The summed E-state index contributed by atoms with van der Waals surface area (Å²) in [5, 5.41) is 8.96. The van der Waals surface area contributed by atoms with E-state index in [0.29, 0.717) is 11.1 Å². The highest BCUT2D eigenvalue weighted by molar-refractivity contribution is 6.34. The van der Waals surface area contributed by atoms with Crippen molar-refractivity contribution in [3.8, 4) is 6.07 Å². The molecular formula is C10H9ClN2O2. The van der Waals surface area contributed by atoms with Crippen LogP contribution in [0.2, 0.25) is 5.02 Å². The Morgan fingerprint density at radius 3 is 2.80 bits per heavy atom. The van der Waals surface area contributed by atoms with Crippen LogP contribution in [0.3, 0.4) is 0 Å². The van der Waals surface area contributed by atoms with E-state index in [1.54, 1.807) is 0 Å². The van der Waals surface area contributed by atoms with Crippen LogP contribution in [0.1, 0.15) is 21.5 Å². The van der Waals surface area contributed by atoms with Crippen LogP contribution in [0.15, 0.2) is 12.1 Å². The molecule has 0 heterocycles. The predicted octanol–water partition coefficient (Wildman–Crippen LogP) is 1.46. The number of nitrogens with two attached hydrogens (primary N) is 1. The second-order valence-electron chi connectivity index (χ2n) is 2.76. The van der Waals surface area contributed by atoms with Gasteiger partial charge in [-0.3, -0.25) is 0 Å². The number of carbonyl (C=O) groups excluding carboxylic acids is 1. The van der Waals surface area contributed by atoms with Crippen molar-refractivity contribution in [1.82, 2.24) is 0 Å². The molecule has 1 aromatic rings. The Balaban J connectivity index is 3.37. The lowest BCUT2D eigenvalue weighted by Crippen LogP contribution is -2.07. The first kappa shape index (κ1) is 11.5. The number of rotatable bonds is 2. The molecule has 0 fully saturated rings. The van der Waals surface area contributed by atoms with Gasteiger partial charge in [0.2, 0.25) is 0 Å². The van der Waals surface area contributed by atoms with Crippen LogP contribution < -0.4 is 5.73 Å². The maximum Gasteiger partial charge on any atom is 0.339 e. The van der Waals surface area contributed by atoms with Crippen LogP contribution in [-0.4, -0.2) is 13.1 Å². The van der Waals surface area contributed by atoms with Crippen LogP contribution >= 0.6 is 11.6 Å². The van der Waals surface area contributed by atoms with Gasteiger partial charge >= 0.3 is 5.97 Å². The third kappa shape index (κ3) is 2.09. The number of nitrogens with zero attached hydrogens (tertiary/aromatic N) is 1. The summed E-state index contributed by atoms with van der Waals surface area (Å²) in [7, 11) is 1.26. The van der Waals surface area contributed by atoms with E-state index in [2.05, 4.69) is 4.74 Å². The number of esters is 1. The lowest BCUT2D eigenvalue weighted by Gasteiger charge is -2.07. The molecule has 0 aromatic heterocycles. The molecule has 0 aliphatic heterocycles. The molecule has 1 rings (SSSR count). The molecule has 15 heavy (non-hydrogen) atoms. The normalized spacial score (nSPS) is 9.47. The number of methoxy groups -OCH3 is 1. The van der Waals surface area contributed by atoms with Gasteiger partial charge in [-0.1, -0.05) is 11.6 Å². The van der Waals surface area contributed by atoms with Gasteiger partial charge in [0.1, 0.15) is 0 Å². The smallest absolute Gasteiger partial charge is 0.339 e. The number of ether oxygens (including phenoxy) is 1.